The van der Waals surface area contributed by atoms with E-state index in [1.54, 1.807) is 6.07 Å². The van der Waals surface area contributed by atoms with Crippen LogP contribution in [0.15, 0.2) is 28.9 Å². The fourth-order valence-electron chi connectivity index (χ4n) is 3.39. The molecule has 158 valence electrons. The minimum atomic E-state index is -3.01. The van der Waals surface area contributed by atoms with Crippen LogP contribution in [0.3, 0.4) is 0 Å². The molecule has 1 aliphatic heterocycles. The summed E-state index contributed by atoms with van der Waals surface area (Å²) in [4.78, 5) is 8.26. The summed E-state index contributed by atoms with van der Waals surface area (Å²) >= 11 is 3.11. The third kappa shape index (κ3) is 4.95. The Morgan fingerprint density at radius 1 is 1.14 bits per heavy atom. The smallest absolute Gasteiger partial charge is 0.388 e. The predicted octanol–water partition coefficient (Wildman–Crippen LogP) is 4.88. The van der Waals surface area contributed by atoms with Crippen LogP contribution in [0.25, 0.3) is 11.1 Å². The van der Waals surface area contributed by atoms with E-state index >= 15 is 0 Å². The van der Waals surface area contributed by atoms with Crippen molar-refractivity contribution in [3.63, 3.8) is 0 Å². The van der Waals surface area contributed by atoms with E-state index < -0.39 is 12.4 Å². The first-order valence-corrected chi connectivity index (χ1v) is 9.99. The average Bonchev–Trinajstić information content (AvgIpc) is 2.64. The highest BCUT2D eigenvalue weighted by atomic mass is 79.9. The van der Waals surface area contributed by atoms with Gasteiger partial charge in [-0.3, -0.25) is 4.90 Å². The molecular weight excluding hydrogens is 451 g/mol. The van der Waals surface area contributed by atoms with Gasteiger partial charge in [0.15, 0.2) is 0 Å². The summed E-state index contributed by atoms with van der Waals surface area (Å²) in [6.45, 7) is 6.06. The van der Waals surface area contributed by atoms with Crippen LogP contribution < -0.4 is 9.64 Å². The first kappa shape index (κ1) is 21.7. The van der Waals surface area contributed by atoms with E-state index in [-0.39, 0.29) is 27.2 Å². The Balaban J connectivity index is 1.98. The molecule has 3 rings (SSSR count). The number of hydrogen-bond acceptors (Lipinski definition) is 5. The minimum Gasteiger partial charge on any atom is -0.506 e. The van der Waals surface area contributed by atoms with Gasteiger partial charge in [-0.2, -0.15) is 8.78 Å². The zero-order chi connectivity index (χ0) is 21.3. The van der Waals surface area contributed by atoms with Crippen LogP contribution in [0, 0.1) is 5.82 Å². The number of benzene rings is 1. The van der Waals surface area contributed by atoms with Crippen molar-refractivity contribution < 1.29 is 23.0 Å². The van der Waals surface area contributed by atoms with Crippen molar-refractivity contribution in [1.82, 2.24) is 9.88 Å². The van der Waals surface area contributed by atoms with Gasteiger partial charge < -0.3 is 14.7 Å². The molecule has 5 nitrogen and oxygen atoms in total. The molecule has 1 aromatic heterocycles. The SMILES string of the molecule is CC(C)(C)N1CCN(c2cc(-c3cc(F)cc(Br)c3O)cnc2OC(F)F)CC1. The highest BCUT2D eigenvalue weighted by Crippen LogP contribution is 2.39. The molecule has 0 aliphatic carbocycles. The number of phenolic OH excluding ortho intramolecular Hbond substituents is 1. The van der Waals surface area contributed by atoms with Crippen LogP contribution in [0.2, 0.25) is 0 Å². The van der Waals surface area contributed by atoms with E-state index in [0.29, 0.717) is 24.3 Å². The Morgan fingerprint density at radius 3 is 2.38 bits per heavy atom. The van der Waals surface area contributed by atoms with Gasteiger partial charge in [-0.15, -0.1) is 0 Å². The maximum absolute atomic E-state index is 13.9. The van der Waals surface area contributed by atoms with Gasteiger partial charge in [0.2, 0.25) is 5.88 Å². The molecule has 1 saturated heterocycles. The maximum atomic E-state index is 13.9. The third-order valence-electron chi connectivity index (χ3n) is 4.94. The second kappa shape index (κ2) is 8.39. The van der Waals surface area contributed by atoms with Gasteiger partial charge in [-0.1, -0.05) is 0 Å². The Morgan fingerprint density at radius 2 is 1.79 bits per heavy atom. The fraction of sp³-hybridized carbons (Fsp3) is 0.450. The van der Waals surface area contributed by atoms with Crippen molar-refractivity contribution in [2.75, 3.05) is 31.1 Å². The predicted molar refractivity (Wildman–Crippen MR) is 109 cm³/mol. The number of halogens is 4. The molecule has 1 N–H and O–H groups in total. The van der Waals surface area contributed by atoms with Crippen molar-refractivity contribution in [1.29, 1.82) is 0 Å². The summed E-state index contributed by atoms with van der Waals surface area (Å²) in [5.41, 5.74) is 1.00. The monoisotopic (exact) mass is 473 g/mol. The zero-order valence-corrected chi connectivity index (χ0v) is 18.0. The van der Waals surface area contributed by atoms with Crippen LogP contribution in [-0.2, 0) is 0 Å². The van der Waals surface area contributed by atoms with Crippen molar-refractivity contribution in [2.24, 2.45) is 0 Å². The molecular formula is C20H23BrF3N3O2. The molecule has 2 heterocycles. The summed E-state index contributed by atoms with van der Waals surface area (Å²) < 4.78 is 44.5. The largest absolute Gasteiger partial charge is 0.506 e. The Labute approximate surface area is 176 Å². The second-order valence-corrected chi connectivity index (χ2v) is 8.71. The number of hydrogen-bond donors (Lipinski definition) is 1. The molecule has 0 spiro atoms. The number of anilines is 1. The zero-order valence-electron chi connectivity index (χ0n) is 16.4. The highest BCUT2D eigenvalue weighted by molar-refractivity contribution is 9.10. The first-order valence-electron chi connectivity index (χ1n) is 9.19. The average molecular weight is 474 g/mol. The number of phenols is 1. The summed E-state index contributed by atoms with van der Waals surface area (Å²) in [7, 11) is 0. The third-order valence-corrected chi connectivity index (χ3v) is 5.55. The standard InChI is InChI=1S/C20H23BrF3N3O2/c1-20(2,3)27-6-4-26(5-7-27)16-8-12(11-25-18(16)29-19(23)24)14-9-13(22)10-15(21)17(14)28/h8-11,19,28H,4-7H2,1-3H3. The number of nitrogens with zero attached hydrogens (tertiary/aromatic N) is 3. The minimum absolute atomic E-state index is 0.00806. The van der Waals surface area contributed by atoms with Crippen molar-refractivity contribution in [3.8, 4) is 22.8 Å². The molecule has 0 saturated carbocycles. The Kier molecular flexibility index (Phi) is 6.28. The molecule has 0 amide bonds. The van der Waals surface area contributed by atoms with Gasteiger partial charge in [0.05, 0.1) is 4.47 Å². The van der Waals surface area contributed by atoms with Crippen molar-refractivity contribution in [2.45, 2.75) is 32.9 Å². The summed E-state index contributed by atoms with van der Waals surface area (Å²) in [5, 5.41) is 10.3. The fourth-order valence-corrected chi connectivity index (χ4v) is 3.83. The van der Waals surface area contributed by atoms with Gasteiger partial charge in [0.25, 0.3) is 0 Å². The summed E-state index contributed by atoms with van der Waals surface area (Å²) in [6, 6.07) is 3.91. The van der Waals surface area contributed by atoms with Crippen LogP contribution >= 0.6 is 15.9 Å². The second-order valence-electron chi connectivity index (χ2n) is 7.86. The van der Waals surface area contributed by atoms with Crippen molar-refractivity contribution in [3.05, 3.63) is 34.7 Å². The lowest BCUT2D eigenvalue weighted by molar-refractivity contribution is -0.0525. The van der Waals surface area contributed by atoms with Gasteiger partial charge in [-0.25, -0.2) is 9.37 Å². The molecule has 1 aliphatic rings. The van der Waals surface area contributed by atoms with E-state index in [2.05, 4.69) is 51.3 Å². The van der Waals surface area contributed by atoms with Crippen LogP contribution in [0.4, 0.5) is 18.9 Å². The topological polar surface area (TPSA) is 48.8 Å². The normalized spacial score (nSPS) is 15.8. The number of pyridine rings is 1. The summed E-state index contributed by atoms with van der Waals surface area (Å²) in [5.74, 6) is -0.889. The number of rotatable bonds is 4. The lowest BCUT2D eigenvalue weighted by atomic mass is 10.0. The van der Waals surface area contributed by atoms with Crippen LogP contribution in [0.5, 0.6) is 11.6 Å². The molecule has 1 aromatic carbocycles. The van der Waals surface area contributed by atoms with E-state index in [0.717, 1.165) is 19.2 Å². The lowest BCUT2D eigenvalue weighted by Gasteiger charge is -2.43. The van der Waals surface area contributed by atoms with Gasteiger partial charge >= 0.3 is 6.61 Å². The van der Waals surface area contributed by atoms with Gasteiger partial charge in [0, 0.05) is 49.0 Å². The molecule has 0 bridgehead atoms. The van der Waals surface area contributed by atoms with Crippen molar-refractivity contribution >= 4 is 21.6 Å². The summed E-state index contributed by atoms with van der Waals surface area (Å²) in [6.07, 6.45) is 1.29. The Bertz CT molecular complexity index is 882. The highest BCUT2D eigenvalue weighted by Gasteiger charge is 2.28. The Hall–Kier alpha value is -2.00. The van der Waals surface area contributed by atoms with Gasteiger partial charge in [0.1, 0.15) is 17.3 Å². The molecule has 9 heteroatoms. The number of ether oxygens (including phenoxy) is 1. The molecule has 0 radical (unpaired) electrons. The van der Waals surface area contributed by atoms with E-state index in [1.165, 1.54) is 12.3 Å². The first-order chi connectivity index (χ1) is 13.6. The van der Waals surface area contributed by atoms with E-state index in [1.807, 2.05) is 4.90 Å². The number of aromatic hydroxyl groups is 1. The molecule has 2 aromatic rings. The molecule has 0 unspecified atom stereocenters. The van der Waals surface area contributed by atoms with Gasteiger partial charge in [-0.05, 0) is 54.9 Å². The van der Waals surface area contributed by atoms with Crippen LogP contribution in [0.1, 0.15) is 20.8 Å². The molecule has 29 heavy (non-hydrogen) atoms. The van der Waals surface area contributed by atoms with Crippen LogP contribution in [-0.4, -0.2) is 53.3 Å². The maximum Gasteiger partial charge on any atom is 0.388 e. The number of alkyl halides is 2. The lowest BCUT2D eigenvalue weighted by Crippen LogP contribution is -2.53. The number of piperazine rings is 1. The van der Waals surface area contributed by atoms with E-state index in [9.17, 15) is 18.3 Å². The quantitative estimate of drug-likeness (QED) is 0.685. The molecule has 0 atom stereocenters. The number of aromatic nitrogens is 1. The van der Waals surface area contributed by atoms with E-state index in [4.69, 9.17) is 0 Å². The molecule has 1 fully saturated rings.